The first-order valence-corrected chi connectivity index (χ1v) is 7.99. The highest BCUT2D eigenvalue weighted by Crippen LogP contribution is 2.43. The van der Waals surface area contributed by atoms with Crippen molar-refractivity contribution in [1.82, 2.24) is 0 Å². The quantitative estimate of drug-likeness (QED) is 0.320. The highest BCUT2D eigenvalue weighted by atomic mass is 16.6. The molecule has 0 atom stereocenters. The Morgan fingerprint density at radius 3 is 2.39 bits per heavy atom. The normalized spacial score (nSPS) is 10.9. The van der Waals surface area contributed by atoms with Gasteiger partial charge in [-0.3, -0.25) is 14.9 Å². The summed E-state index contributed by atoms with van der Waals surface area (Å²) in [6.07, 6.45) is 5.63. The second-order valence-electron chi connectivity index (χ2n) is 5.46. The number of nitro benzene ring substituents is 1. The fourth-order valence-electron chi connectivity index (χ4n) is 2.68. The maximum Gasteiger partial charge on any atom is 0.328 e. The molecule has 0 amide bonds. The number of allylic oxidation sites excluding steroid dienone is 1. The van der Waals surface area contributed by atoms with Crippen LogP contribution in [0.2, 0.25) is 0 Å². The van der Waals surface area contributed by atoms with E-state index in [0.29, 0.717) is 34.3 Å². The van der Waals surface area contributed by atoms with Gasteiger partial charge in [-0.2, -0.15) is 0 Å². The molecule has 0 heterocycles. The molecule has 0 fully saturated rings. The van der Waals surface area contributed by atoms with Gasteiger partial charge in [0.1, 0.15) is 6.29 Å². The van der Waals surface area contributed by atoms with Crippen molar-refractivity contribution in [2.24, 2.45) is 0 Å². The topological polar surface area (TPSA) is 116 Å². The minimum absolute atomic E-state index is 0.170. The lowest BCUT2D eigenvalue weighted by atomic mass is 9.93. The van der Waals surface area contributed by atoms with Gasteiger partial charge >= 0.3 is 5.97 Å². The van der Waals surface area contributed by atoms with Gasteiger partial charge < -0.3 is 14.6 Å². The van der Waals surface area contributed by atoms with Gasteiger partial charge in [-0.25, -0.2) is 4.79 Å². The summed E-state index contributed by atoms with van der Waals surface area (Å²) in [6, 6.07) is 7.36. The summed E-state index contributed by atoms with van der Waals surface area (Å²) in [4.78, 5) is 32.4. The lowest BCUT2D eigenvalue weighted by molar-refractivity contribution is -0.384. The van der Waals surface area contributed by atoms with E-state index in [1.165, 1.54) is 50.6 Å². The fraction of sp³-hybridized carbons (Fsp3) is 0.100. The summed E-state index contributed by atoms with van der Waals surface area (Å²) < 4.78 is 10.8. The van der Waals surface area contributed by atoms with E-state index in [1.54, 1.807) is 12.1 Å². The van der Waals surface area contributed by atoms with Gasteiger partial charge in [0.15, 0.2) is 11.5 Å². The highest BCUT2D eigenvalue weighted by Gasteiger charge is 2.20. The van der Waals surface area contributed by atoms with Gasteiger partial charge in [0.25, 0.3) is 5.69 Å². The summed E-state index contributed by atoms with van der Waals surface area (Å²) in [5.41, 5.74) is 1.56. The molecule has 0 saturated heterocycles. The molecule has 144 valence electrons. The number of non-ortho nitro benzene ring substituents is 1. The number of nitrogens with zero attached hydrogens (tertiary/aromatic N) is 1. The highest BCUT2D eigenvalue weighted by molar-refractivity contribution is 5.93. The van der Waals surface area contributed by atoms with Crippen LogP contribution in [0.3, 0.4) is 0 Å². The molecule has 0 aliphatic heterocycles. The standard InChI is InChI=1S/C20H17NO7/c1-27-17-9-6-14(7-10-18(23)24)19(20(17)28-2)16-12-15(21(25)26)8-5-13(16)4-3-11-22/h3-12H,1-2H3,(H,23,24)/b4-3+,10-7+. The third kappa shape index (κ3) is 4.42. The lowest BCUT2D eigenvalue weighted by Gasteiger charge is -2.17. The number of methoxy groups -OCH3 is 2. The van der Waals surface area contributed by atoms with Crippen molar-refractivity contribution < 1.29 is 29.1 Å². The van der Waals surface area contributed by atoms with Crippen molar-refractivity contribution >= 4 is 30.1 Å². The molecule has 0 aliphatic rings. The maximum absolute atomic E-state index is 11.3. The van der Waals surface area contributed by atoms with Crippen LogP contribution in [0.4, 0.5) is 5.69 Å². The van der Waals surface area contributed by atoms with Crippen molar-refractivity contribution in [2.75, 3.05) is 14.2 Å². The molecule has 0 saturated carbocycles. The van der Waals surface area contributed by atoms with Crippen LogP contribution >= 0.6 is 0 Å². The second-order valence-corrected chi connectivity index (χ2v) is 5.46. The molecule has 2 aromatic rings. The molecule has 1 N–H and O–H groups in total. The minimum Gasteiger partial charge on any atom is -0.493 e. The van der Waals surface area contributed by atoms with E-state index in [2.05, 4.69) is 0 Å². The van der Waals surface area contributed by atoms with E-state index in [-0.39, 0.29) is 11.4 Å². The number of nitro groups is 1. The molecule has 8 heteroatoms. The zero-order valence-electron chi connectivity index (χ0n) is 15.1. The molecular formula is C20H17NO7. The SMILES string of the molecule is COc1ccc(/C=C/C(=O)O)c(-c2cc([N+](=O)[O-])ccc2/C=C/C=O)c1OC. The smallest absolute Gasteiger partial charge is 0.328 e. The summed E-state index contributed by atoms with van der Waals surface area (Å²) in [5, 5.41) is 20.2. The average Bonchev–Trinajstić information content (AvgIpc) is 2.69. The van der Waals surface area contributed by atoms with Crippen molar-refractivity contribution in [3.05, 3.63) is 63.7 Å². The number of hydrogen-bond acceptors (Lipinski definition) is 6. The molecular weight excluding hydrogens is 366 g/mol. The van der Waals surface area contributed by atoms with Crippen LogP contribution in [-0.4, -0.2) is 36.5 Å². The monoisotopic (exact) mass is 383 g/mol. The number of aldehydes is 1. The Kier molecular flexibility index (Phi) is 6.64. The van der Waals surface area contributed by atoms with Crippen LogP contribution in [0.1, 0.15) is 11.1 Å². The zero-order valence-corrected chi connectivity index (χ0v) is 15.1. The molecule has 2 aromatic carbocycles. The first-order chi connectivity index (χ1) is 13.4. The first kappa shape index (κ1) is 20.4. The number of hydrogen-bond donors (Lipinski definition) is 1. The number of carbonyl (C=O) groups excluding carboxylic acids is 1. The van der Waals surface area contributed by atoms with E-state index in [9.17, 15) is 19.7 Å². The van der Waals surface area contributed by atoms with Gasteiger partial charge in [-0.1, -0.05) is 12.1 Å². The molecule has 0 bridgehead atoms. The van der Waals surface area contributed by atoms with Gasteiger partial charge in [-0.15, -0.1) is 0 Å². The molecule has 0 aliphatic carbocycles. The zero-order chi connectivity index (χ0) is 20.7. The van der Waals surface area contributed by atoms with Crippen LogP contribution in [0.25, 0.3) is 23.3 Å². The average molecular weight is 383 g/mol. The van der Waals surface area contributed by atoms with Gasteiger partial charge in [-0.05, 0) is 35.4 Å². The Balaban J connectivity index is 2.92. The van der Waals surface area contributed by atoms with Crippen LogP contribution in [0.15, 0.2) is 42.5 Å². The number of benzene rings is 2. The Morgan fingerprint density at radius 2 is 1.82 bits per heavy atom. The van der Waals surface area contributed by atoms with E-state index >= 15 is 0 Å². The largest absolute Gasteiger partial charge is 0.493 e. The summed E-state index contributed by atoms with van der Waals surface area (Å²) in [6.45, 7) is 0. The van der Waals surface area contributed by atoms with E-state index in [4.69, 9.17) is 14.6 Å². The number of rotatable bonds is 8. The number of aliphatic carboxylic acids is 1. The predicted molar refractivity (Wildman–Crippen MR) is 103 cm³/mol. The fourth-order valence-corrected chi connectivity index (χ4v) is 2.68. The summed E-state index contributed by atoms with van der Waals surface area (Å²) in [7, 11) is 2.85. The molecule has 0 spiro atoms. The van der Waals surface area contributed by atoms with Gasteiger partial charge in [0, 0.05) is 29.3 Å². The molecule has 0 aromatic heterocycles. The Labute approximate surface area is 160 Å². The van der Waals surface area contributed by atoms with Crippen molar-refractivity contribution in [2.45, 2.75) is 0 Å². The second kappa shape index (κ2) is 9.13. The Morgan fingerprint density at radius 1 is 1.11 bits per heavy atom. The van der Waals surface area contributed by atoms with E-state index in [1.807, 2.05) is 0 Å². The van der Waals surface area contributed by atoms with Crippen molar-refractivity contribution in [3.8, 4) is 22.6 Å². The van der Waals surface area contributed by atoms with E-state index in [0.717, 1.165) is 6.08 Å². The molecule has 0 radical (unpaired) electrons. The van der Waals surface area contributed by atoms with Crippen LogP contribution in [0, 0.1) is 10.1 Å². The van der Waals surface area contributed by atoms with Crippen LogP contribution in [0.5, 0.6) is 11.5 Å². The molecule has 28 heavy (non-hydrogen) atoms. The maximum atomic E-state index is 11.3. The van der Waals surface area contributed by atoms with Crippen LogP contribution < -0.4 is 9.47 Å². The first-order valence-electron chi connectivity index (χ1n) is 7.99. The number of ether oxygens (including phenoxy) is 2. The van der Waals surface area contributed by atoms with E-state index < -0.39 is 10.9 Å². The Bertz CT molecular complexity index is 977. The third-order valence-corrected chi connectivity index (χ3v) is 3.85. The summed E-state index contributed by atoms with van der Waals surface area (Å²) in [5.74, 6) is -0.515. The number of carboxylic acids is 1. The number of carbonyl (C=O) groups is 2. The predicted octanol–water partition coefficient (Wildman–Crippen LogP) is 3.59. The third-order valence-electron chi connectivity index (χ3n) is 3.85. The van der Waals surface area contributed by atoms with Crippen LogP contribution in [-0.2, 0) is 9.59 Å². The van der Waals surface area contributed by atoms with Gasteiger partial charge in [0.05, 0.1) is 19.1 Å². The molecule has 2 rings (SSSR count). The lowest BCUT2D eigenvalue weighted by Crippen LogP contribution is -1.98. The molecule has 0 unspecified atom stereocenters. The Hall–Kier alpha value is -3.94. The van der Waals surface area contributed by atoms with Crippen molar-refractivity contribution in [3.63, 3.8) is 0 Å². The summed E-state index contributed by atoms with van der Waals surface area (Å²) >= 11 is 0. The minimum atomic E-state index is -1.15. The van der Waals surface area contributed by atoms with Gasteiger partial charge in [0.2, 0.25) is 0 Å². The number of carboxylic acid groups (broad SMARTS) is 1. The molecule has 8 nitrogen and oxygen atoms in total. The van der Waals surface area contributed by atoms with Crippen molar-refractivity contribution in [1.29, 1.82) is 0 Å².